The molecule has 0 aromatic heterocycles. The lowest BCUT2D eigenvalue weighted by molar-refractivity contribution is -0.870. The van der Waals surface area contributed by atoms with Crippen molar-refractivity contribution >= 4 is 13.7 Å². The summed E-state index contributed by atoms with van der Waals surface area (Å²) in [5.74, 6) is -0.183. The van der Waals surface area contributed by atoms with Crippen LogP contribution in [0.25, 0.3) is 0 Å². The van der Waals surface area contributed by atoms with Crippen LogP contribution < -0.4 is 5.32 Å². The highest BCUT2D eigenvalue weighted by molar-refractivity contribution is 7.47. The van der Waals surface area contributed by atoms with E-state index < -0.39 is 20.0 Å². The number of carbonyl (C=O) groups is 1. The molecule has 3 atom stereocenters. The van der Waals surface area contributed by atoms with E-state index in [0.29, 0.717) is 17.4 Å². The molecule has 0 saturated carbocycles. The van der Waals surface area contributed by atoms with Gasteiger partial charge in [-0.15, -0.1) is 0 Å². The van der Waals surface area contributed by atoms with Crippen LogP contribution in [0.5, 0.6) is 0 Å². The second-order valence-corrected chi connectivity index (χ2v) is 28.1. The Morgan fingerprint density at radius 2 is 0.663 bits per heavy atom. The quantitative estimate of drug-likeness (QED) is 0.0243. The summed E-state index contributed by atoms with van der Waals surface area (Å²) in [4.78, 5) is 23.4. The fourth-order valence-corrected chi connectivity index (χ4v) is 12.1. The molecule has 3 unspecified atom stereocenters. The molecule has 0 bridgehead atoms. The van der Waals surface area contributed by atoms with E-state index in [4.69, 9.17) is 9.05 Å². The van der Waals surface area contributed by atoms with Crippen LogP contribution in [0.3, 0.4) is 0 Å². The summed E-state index contributed by atoms with van der Waals surface area (Å²) >= 11 is 0. The lowest BCUT2D eigenvalue weighted by Gasteiger charge is -2.25. The minimum atomic E-state index is -4.36. The van der Waals surface area contributed by atoms with E-state index in [-0.39, 0.29) is 19.1 Å². The minimum absolute atomic E-state index is 0.0553. The molecule has 1 amide bonds. The van der Waals surface area contributed by atoms with E-state index in [2.05, 4.69) is 43.5 Å². The standard InChI is InChI=1S/C74H145N2O6P/c1-6-8-10-12-14-16-18-20-22-24-26-28-29-30-31-32-33-34-35-36-37-38-39-40-41-42-43-44-45-46-47-48-50-52-54-56-58-60-62-64-66-68-74(78)75-72(71-82-83(79,80)81-70-69-76(3,4)5)73(77)67-65-63-61-59-57-55-53-51-49-27-25-23-21-19-17-15-13-11-9-7-2/h49,51,57,59,65,67,72-73,77H,6-48,50,52-56,58,60-64,66,68-71H2,1-5H3,(H-,75,78,79,80)/p+1/b51-49+,59-57+,67-65+. The third-order valence-corrected chi connectivity index (χ3v) is 18.1. The normalized spacial score (nSPS) is 13.8. The van der Waals surface area contributed by atoms with Crippen molar-refractivity contribution in [3.8, 4) is 0 Å². The van der Waals surface area contributed by atoms with Crippen molar-refractivity contribution in [1.82, 2.24) is 5.32 Å². The highest BCUT2D eigenvalue weighted by Gasteiger charge is 2.28. The Labute approximate surface area is 518 Å². The number of rotatable bonds is 69. The van der Waals surface area contributed by atoms with Gasteiger partial charge in [-0.2, -0.15) is 0 Å². The summed E-state index contributed by atoms with van der Waals surface area (Å²) in [5, 5.41) is 14.0. The van der Waals surface area contributed by atoms with Gasteiger partial charge in [-0.1, -0.05) is 365 Å². The third-order valence-electron chi connectivity index (χ3n) is 17.1. The SMILES string of the molecule is CCCCCCCCCCCC/C=C/CC/C=C/CC/C=C/C(O)C(COP(=O)(O)OCC[N+](C)(C)C)NC(=O)CCCCCCCCCCCCCCCCCCCCCCCCCCCCCCCCCCCCCCCCCCC. The van der Waals surface area contributed by atoms with Gasteiger partial charge >= 0.3 is 7.82 Å². The van der Waals surface area contributed by atoms with Crippen molar-refractivity contribution in [1.29, 1.82) is 0 Å². The number of carbonyl (C=O) groups excluding carboxylic acids is 1. The number of phosphoric ester groups is 1. The van der Waals surface area contributed by atoms with Crippen LogP contribution in [-0.2, 0) is 18.4 Å². The summed E-state index contributed by atoms with van der Waals surface area (Å²) in [5.41, 5.74) is 0. The van der Waals surface area contributed by atoms with Crippen molar-refractivity contribution in [3.63, 3.8) is 0 Å². The lowest BCUT2D eigenvalue weighted by atomic mass is 10.0. The predicted molar refractivity (Wildman–Crippen MR) is 365 cm³/mol. The second-order valence-electron chi connectivity index (χ2n) is 26.7. The molecule has 3 N–H and O–H groups in total. The van der Waals surface area contributed by atoms with Crippen LogP contribution in [-0.4, -0.2) is 73.4 Å². The van der Waals surface area contributed by atoms with E-state index in [1.807, 2.05) is 27.2 Å². The topological polar surface area (TPSA) is 105 Å². The Balaban J connectivity index is 3.90. The number of aliphatic hydroxyl groups is 1. The fraction of sp³-hybridized carbons (Fsp3) is 0.905. The Bertz CT molecular complexity index is 1450. The van der Waals surface area contributed by atoms with Gasteiger partial charge in [-0.05, 0) is 44.9 Å². The molecule has 83 heavy (non-hydrogen) atoms. The smallest absolute Gasteiger partial charge is 0.387 e. The molecule has 0 aromatic rings. The van der Waals surface area contributed by atoms with Crippen molar-refractivity contribution < 1.29 is 32.9 Å². The van der Waals surface area contributed by atoms with Gasteiger partial charge in [0.05, 0.1) is 39.9 Å². The van der Waals surface area contributed by atoms with E-state index in [0.717, 1.165) is 44.9 Å². The maximum atomic E-state index is 13.0. The largest absolute Gasteiger partial charge is 0.472 e. The first kappa shape index (κ1) is 81.7. The number of allylic oxidation sites excluding steroid dienone is 5. The first-order valence-electron chi connectivity index (χ1n) is 36.9. The molecule has 0 saturated heterocycles. The summed E-state index contributed by atoms with van der Waals surface area (Å²) < 4.78 is 23.8. The van der Waals surface area contributed by atoms with Crippen LogP contribution in [0.2, 0.25) is 0 Å². The molecular weight excluding hydrogens is 1040 g/mol. The van der Waals surface area contributed by atoms with Gasteiger partial charge in [0.2, 0.25) is 5.91 Å². The molecule has 8 nitrogen and oxygen atoms in total. The van der Waals surface area contributed by atoms with Crippen LogP contribution >= 0.6 is 7.82 Å². The van der Waals surface area contributed by atoms with Gasteiger partial charge in [-0.3, -0.25) is 13.8 Å². The van der Waals surface area contributed by atoms with Gasteiger partial charge in [0, 0.05) is 6.42 Å². The summed E-state index contributed by atoms with van der Waals surface area (Å²) in [6.07, 6.45) is 87.7. The van der Waals surface area contributed by atoms with E-state index in [9.17, 15) is 19.4 Å². The average molecular weight is 1190 g/mol. The Kier molecular flexibility index (Phi) is 64.2. The Morgan fingerprint density at radius 1 is 0.398 bits per heavy atom. The van der Waals surface area contributed by atoms with E-state index in [1.54, 1.807) is 6.08 Å². The van der Waals surface area contributed by atoms with Gasteiger partial charge in [-0.25, -0.2) is 4.57 Å². The molecule has 0 aliphatic carbocycles. The van der Waals surface area contributed by atoms with Crippen molar-refractivity contribution in [2.45, 2.75) is 392 Å². The molecule has 0 heterocycles. The predicted octanol–water partition coefficient (Wildman–Crippen LogP) is 23.6. The maximum absolute atomic E-state index is 13.0. The molecule has 0 aliphatic rings. The summed E-state index contributed by atoms with van der Waals surface area (Å²) in [6.45, 7) is 4.84. The molecule has 492 valence electrons. The van der Waals surface area contributed by atoms with Gasteiger partial charge in [0.25, 0.3) is 0 Å². The second kappa shape index (κ2) is 65.2. The van der Waals surface area contributed by atoms with E-state index >= 15 is 0 Å². The third kappa shape index (κ3) is 68.1. The first-order valence-corrected chi connectivity index (χ1v) is 38.4. The molecular formula is C74H146N2O6P+. The maximum Gasteiger partial charge on any atom is 0.472 e. The number of amides is 1. The highest BCUT2D eigenvalue weighted by Crippen LogP contribution is 2.43. The highest BCUT2D eigenvalue weighted by atomic mass is 31.2. The van der Waals surface area contributed by atoms with Crippen molar-refractivity contribution in [2.24, 2.45) is 0 Å². The molecule has 0 spiro atoms. The van der Waals surface area contributed by atoms with Crippen LogP contribution in [0.4, 0.5) is 0 Å². The monoisotopic (exact) mass is 1190 g/mol. The molecule has 0 fully saturated rings. The summed E-state index contributed by atoms with van der Waals surface area (Å²) in [7, 11) is 1.56. The van der Waals surface area contributed by atoms with Crippen LogP contribution in [0.15, 0.2) is 36.5 Å². The van der Waals surface area contributed by atoms with Gasteiger partial charge in [0.15, 0.2) is 0 Å². The summed E-state index contributed by atoms with van der Waals surface area (Å²) in [6, 6.07) is -0.869. The lowest BCUT2D eigenvalue weighted by Crippen LogP contribution is -2.45. The minimum Gasteiger partial charge on any atom is -0.387 e. The number of nitrogens with zero attached hydrogens (tertiary/aromatic N) is 1. The number of phosphoric acid groups is 1. The molecule has 0 rings (SSSR count). The molecule has 9 heteroatoms. The molecule has 0 aliphatic heterocycles. The Morgan fingerprint density at radius 3 is 0.964 bits per heavy atom. The zero-order valence-electron chi connectivity index (χ0n) is 56.5. The van der Waals surface area contributed by atoms with Crippen molar-refractivity contribution in [2.75, 3.05) is 40.9 Å². The first-order chi connectivity index (χ1) is 40.5. The number of unbranched alkanes of at least 4 members (excludes halogenated alkanes) is 52. The molecule has 0 aromatic carbocycles. The number of hydrogen-bond donors (Lipinski definition) is 3. The van der Waals surface area contributed by atoms with Crippen LogP contribution in [0, 0.1) is 0 Å². The number of nitrogens with one attached hydrogen (secondary N) is 1. The van der Waals surface area contributed by atoms with Crippen molar-refractivity contribution in [3.05, 3.63) is 36.5 Å². The number of aliphatic hydroxyl groups excluding tert-OH is 1. The fourth-order valence-electron chi connectivity index (χ4n) is 11.4. The molecule has 0 radical (unpaired) electrons. The van der Waals surface area contributed by atoms with Gasteiger partial charge < -0.3 is 19.8 Å². The van der Waals surface area contributed by atoms with E-state index in [1.165, 1.54) is 315 Å². The zero-order valence-corrected chi connectivity index (χ0v) is 57.4. The van der Waals surface area contributed by atoms with Crippen LogP contribution in [0.1, 0.15) is 380 Å². The number of quaternary nitrogens is 1. The Hall–Kier alpha value is -1.28. The number of likely N-dealkylation sites (N-methyl/N-ethyl adjacent to an activating group) is 1. The van der Waals surface area contributed by atoms with Gasteiger partial charge in [0.1, 0.15) is 13.2 Å². The average Bonchev–Trinajstić information content (AvgIpc) is 3.50. The zero-order chi connectivity index (χ0) is 60.5. The number of hydrogen-bond acceptors (Lipinski definition) is 5.